The first kappa shape index (κ1) is 25.5. The van der Waals surface area contributed by atoms with Crippen molar-refractivity contribution in [3.05, 3.63) is 47.0 Å². The highest BCUT2D eigenvalue weighted by Crippen LogP contribution is 2.44. The lowest BCUT2D eigenvalue weighted by Gasteiger charge is -2.35. The number of nitrogens with zero attached hydrogens (tertiary/aromatic N) is 5. The second-order valence-electron chi connectivity index (χ2n) is 11.2. The number of hydrogen-bond donors (Lipinski definition) is 2. The van der Waals surface area contributed by atoms with Gasteiger partial charge in [-0.05, 0) is 63.5 Å². The Labute approximate surface area is 233 Å². The zero-order valence-corrected chi connectivity index (χ0v) is 22.8. The number of piperidine rings is 1. The fourth-order valence-corrected chi connectivity index (χ4v) is 7.56. The third kappa shape index (κ3) is 4.00. The topological polar surface area (TPSA) is 94.1 Å². The van der Waals surface area contributed by atoms with Crippen molar-refractivity contribution in [1.29, 1.82) is 5.26 Å². The van der Waals surface area contributed by atoms with Gasteiger partial charge in [0.15, 0.2) is 5.82 Å². The summed E-state index contributed by atoms with van der Waals surface area (Å²) in [4.78, 5) is 14.1. The number of benzene rings is 2. The number of nitriles is 1. The predicted octanol–water partition coefficient (Wildman–Crippen LogP) is 5.13. The summed E-state index contributed by atoms with van der Waals surface area (Å²) in [6, 6.07) is 6.37. The highest BCUT2D eigenvalue weighted by Gasteiger charge is 2.35. The summed E-state index contributed by atoms with van der Waals surface area (Å²) in [6.45, 7) is 3.19. The van der Waals surface area contributed by atoms with Gasteiger partial charge in [0.1, 0.15) is 39.9 Å². The maximum Gasteiger partial charge on any atom is 0.160 e. The van der Waals surface area contributed by atoms with Crippen molar-refractivity contribution in [2.75, 3.05) is 43.9 Å². The fraction of sp³-hybridized carbons (Fsp3) is 0.414. The van der Waals surface area contributed by atoms with Crippen molar-refractivity contribution in [3.63, 3.8) is 0 Å². The molecule has 0 saturated carbocycles. The summed E-state index contributed by atoms with van der Waals surface area (Å²) in [5.41, 5.74) is 5.79. The van der Waals surface area contributed by atoms with Crippen LogP contribution in [-0.2, 0) is 0 Å². The normalized spacial score (nSPS) is 21.9. The van der Waals surface area contributed by atoms with Crippen molar-refractivity contribution in [1.82, 2.24) is 20.2 Å². The van der Waals surface area contributed by atoms with Crippen molar-refractivity contribution in [2.45, 2.75) is 43.7 Å². The average molecular weight is 564 g/mol. The Hall–Kier alpha value is -3.46. The highest BCUT2D eigenvalue weighted by atomic mass is 32.1. The molecule has 0 spiro atoms. The van der Waals surface area contributed by atoms with Crippen LogP contribution in [0, 0.1) is 28.8 Å². The number of nitrogen functional groups attached to an aromatic ring is 1. The van der Waals surface area contributed by atoms with Gasteiger partial charge in [-0.2, -0.15) is 5.26 Å². The quantitative estimate of drug-likeness (QED) is 0.357. The molecule has 0 aliphatic carbocycles. The first-order chi connectivity index (χ1) is 19.3. The Morgan fingerprint density at radius 3 is 2.48 bits per heavy atom. The number of likely N-dealkylation sites (tertiary alicyclic amines) is 1. The van der Waals surface area contributed by atoms with Gasteiger partial charge in [-0.3, -0.25) is 0 Å². The number of aromatic nitrogens is 2. The molecular weight excluding hydrogens is 535 g/mol. The Morgan fingerprint density at radius 1 is 1.05 bits per heavy atom. The number of fused-ring (bicyclic) bond motifs is 4. The lowest BCUT2D eigenvalue weighted by Crippen LogP contribution is -2.51. The van der Waals surface area contributed by atoms with Crippen molar-refractivity contribution in [3.8, 4) is 17.2 Å². The van der Waals surface area contributed by atoms with E-state index in [0.29, 0.717) is 42.2 Å². The summed E-state index contributed by atoms with van der Waals surface area (Å²) < 4.78 is 47.4. The smallest absolute Gasteiger partial charge is 0.160 e. The molecule has 2 atom stereocenters. The van der Waals surface area contributed by atoms with E-state index in [4.69, 9.17) is 15.7 Å². The van der Waals surface area contributed by atoms with Crippen LogP contribution < -0.4 is 16.0 Å². The highest BCUT2D eigenvalue weighted by molar-refractivity contribution is 7.23. The molecule has 2 aromatic heterocycles. The molecule has 2 bridgehead atoms. The molecule has 3 N–H and O–H groups in total. The molecule has 7 rings (SSSR count). The molecule has 3 aliphatic rings. The molecule has 206 valence electrons. The zero-order chi connectivity index (χ0) is 27.7. The molecule has 5 heterocycles. The van der Waals surface area contributed by atoms with E-state index >= 15 is 8.78 Å². The van der Waals surface area contributed by atoms with Crippen LogP contribution in [-0.4, -0.2) is 60.2 Å². The maximum absolute atomic E-state index is 16.6. The molecule has 0 radical (unpaired) electrons. The summed E-state index contributed by atoms with van der Waals surface area (Å²) in [5, 5.41) is 13.9. The second kappa shape index (κ2) is 9.58. The van der Waals surface area contributed by atoms with E-state index in [-0.39, 0.29) is 43.2 Å². The zero-order valence-electron chi connectivity index (χ0n) is 22.0. The van der Waals surface area contributed by atoms with Gasteiger partial charge in [0.25, 0.3) is 0 Å². The third-order valence-electron chi connectivity index (χ3n) is 8.68. The standard InChI is InChI=1S/C29H28F3N7S/c1-38-8-6-14(7-9-38)28-36-25-18(29(37-28)39-12-15-2-3-16(13-39)35-15)10-21(31)23(24(25)32)17-4-5-20(30)26-22(17)19(11-33)27(34)40-26/h4-5,10,14-16,35H,2-3,6-9,12-13,34H2,1H3. The van der Waals surface area contributed by atoms with E-state index in [9.17, 15) is 9.65 Å². The Bertz CT molecular complexity index is 1690. The molecule has 7 nitrogen and oxygen atoms in total. The van der Waals surface area contributed by atoms with Crippen LogP contribution in [0.5, 0.6) is 0 Å². The molecule has 2 aromatic carbocycles. The average Bonchev–Trinajstić information content (AvgIpc) is 3.47. The SMILES string of the molecule is CN1CCC(c2nc(N3CC4CCC(C3)N4)c3cc(F)c(-c4ccc(F)c5sc(N)c(C#N)c45)c(F)c3n2)CC1. The number of hydrogen-bond acceptors (Lipinski definition) is 8. The van der Waals surface area contributed by atoms with Gasteiger partial charge in [-0.25, -0.2) is 23.1 Å². The van der Waals surface area contributed by atoms with Gasteiger partial charge in [-0.1, -0.05) is 6.07 Å². The number of piperazine rings is 1. The van der Waals surface area contributed by atoms with Crippen LogP contribution in [0.1, 0.15) is 43.0 Å². The molecule has 0 amide bonds. The van der Waals surface area contributed by atoms with Crippen LogP contribution in [0.2, 0.25) is 0 Å². The second-order valence-corrected chi connectivity index (χ2v) is 12.3. The van der Waals surface area contributed by atoms with E-state index in [0.717, 1.165) is 56.2 Å². The number of rotatable bonds is 3. The van der Waals surface area contributed by atoms with Gasteiger partial charge in [0, 0.05) is 41.9 Å². The first-order valence-corrected chi connectivity index (χ1v) is 14.4. The summed E-state index contributed by atoms with van der Waals surface area (Å²) in [6.07, 6.45) is 3.82. The van der Waals surface area contributed by atoms with Gasteiger partial charge >= 0.3 is 0 Å². The monoisotopic (exact) mass is 563 g/mol. The molecule has 11 heteroatoms. The molecule has 3 aliphatic heterocycles. The van der Waals surface area contributed by atoms with Gasteiger partial charge in [0.05, 0.1) is 15.8 Å². The number of anilines is 2. The molecule has 3 fully saturated rings. The number of halogens is 3. The lowest BCUT2D eigenvalue weighted by molar-refractivity contribution is 0.251. The summed E-state index contributed by atoms with van der Waals surface area (Å²) >= 11 is 0.896. The Kier molecular flexibility index (Phi) is 6.11. The lowest BCUT2D eigenvalue weighted by atomic mass is 9.95. The van der Waals surface area contributed by atoms with Crippen LogP contribution in [0.15, 0.2) is 18.2 Å². The number of nitrogens with two attached hydrogens (primary N) is 1. The van der Waals surface area contributed by atoms with Crippen LogP contribution >= 0.6 is 11.3 Å². The van der Waals surface area contributed by atoms with Crippen molar-refractivity contribution in [2.24, 2.45) is 0 Å². The molecule has 3 saturated heterocycles. The van der Waals surface area contributed by atoms with Gasteiger partial charge < -0.3 is 20.9 Å². The third-order valence-corrected chi connectivity index (χ3v) is 9.71. The molecule has 4 aromatic rings. The molecule has 2 unspecified atom stereocenters. The van der Waals surface area contributed by atoms with E-state index in [1.807, 2.05) is 6.07 Å². The predicted molar refractivity (Wildman–Crippen MR) is 151 cm³/mol. The van der Waals surface area contributed by atoms with E-state index in [1.165, 1.54) is 12.1 Å². The Balaban J connectivity index is 1.46. The van der Waals surface area contributed by atoms with Crippen LogP contribution in [0.3, 0.4) is 0 Å². The maximum atomic E-state index is 16.6. The van der Waals surface area contributed by atoms with Crippen molar-refractivity contribution >= 4 is 43.1 Å². The van der Waals surface area contributed by atoms with Crippen LogP contribution in [0.4, 0.5) is 24.0 Å². The Morgan fingerprint density at radius 2 is 1.77 bits per heavy atom. The van der Waals surface area contributed by atoms with E-state index < -0.39 is 17.5 Å². The minimum absolute atomic E-state index is 0.0140. The first-order valence-electron chi connectivity index (χ1n) is 13.6. The van der Waals surface area contributed by atoms with Crippen molar-refractivity contribution < 1.29 is 13.2 Å². The molecule has 40 heavy (non-hydrogen) atoms. The summed E-state index contributed by atoms with van der Waals surface area (Å²) in [7, 11) is 2.07. The van der Waals surface area contributed by atoms with Gasteiger partial charge in [0.2, 0.25) is 0 Å². The fourth-order valence-electron chi connectivity index (χ4n) is 6.61. The van der Waals surface area contributed by atoms with Crippen LogP contribution in [0.25, 0.3) is 32.1 Å². The van der Waals surface area contributed by atoms with Gasteiger partial charge in [-0.15, -0.1) is 11.3 Å². The van der Waals surface area contributed by atoms with E-state index in [2.05, 4.69) is 22.2 Å². The van der Waals surface area contributed by atoms with E-state index in [1.54, 1.807) is 0 Å². The summed E-state index contributed by atoms with van der Waals surface area (Å²) in [5.74, 6) is -1.07. The largest absolute Gasteiger partial charge is 0.389 e. The minimum Gasteiger partial charge on any atom is -0.389 e. The number of nitrogens with one attached hydrogen (secondary N) is 1. The number of thiophene rings is 1. The minimum atomic E-state index is -0.840. The molecular formula is C29H28F3N7S.